The molecule has 0 N–H and O–H groups in total. The summed E-state index contributed by atoms with van der Waals surface area (Å²) >= 11 is 0. The first-order valence-electron chi connectivity index (χ1n) is 28.8. The van der Waals surface area contributed by atoms with Gasteiger partial charge in [-0.1, -0.05) is 260 Å². The van der Waals surface area contributed by atoms with Crippen LogP contribution in [0.2, 0.25) is 0 Å². The molecule has 0 aromatic heterocycles. The first kappa shape index (κ1) is 64.5. The van der Waals surface area contributed by atoms with Crippen molar-refractivity contribution in [1.82, 2.24) is 0 Å². The van der Waals surface area contributed by atoms with Crippen LogP contribution in [0, 0.1) is 85.0 Å². The van der Waals surface area contributed by atoms with Crippen LogP contribution in [-0.2, 0) is 19.3 Å². The summed E-state index contributed by atoms with van der Waals surface area (Å²) in [6.45, 7) is 30.8. The van der Waals surface area contributed by atoms with E-state index in [1.54, 1.807) is 18.2 Å². The number of rotatable bonds is 2. The lowest BCUT2D eigenvalue weighted by Crippen LogP contribution is -2.24. The Hall–Kier alpha value is -9.34. The smallest absolute Gasteiger partial charge is 0.0991 e. The van der Waals surface area contributed by atoms with E-state index in [1.807, 2.05) is 68.5 Å². The van der Waals surface area contributed by atoms with Gasteiger partial charge in [0.1, 0.15) is 0 Å². The summed E-state index contributed by atoms with van der Waals surface area (Å²) in [5.41, 5.74) is 24.7. The zero-order valence-corrected chi connectivity index (χ0v) is 51.2. The van der Waals surface area contributed by atoms with E-state index in [2.05, 4.69) is 251 Å². The maximum atomic E-state index is 8.41. The molecule has 0 heterocycles. The topological polar surface area (TPSA) is 47.6 Å². The first-order chi connectivity index (χ1) is 40.0. The Kier molecular flexibility index (Phi) is 26.5. The molecule has 0 bridgehead atoms. The van der Waals surface area contributed by atoms with Gasteiger partial charge in [-0.25, -0.2) is 0 Å². The van der Waals surface area contributed by atoms with Gasteiger partial charge < -0.3 is 0 Å². The van der Waals surface area contributed by atoms with Crippen LogP contribution in [0.15, 0.2) is 237 Å². The van der Waals surface area contributed by atoms with Crippen molar-refractivity contribution in [2.45, 2.75) is 102 Å². The summed E-state index contributed by atoms with van der Waals surface area (Å²) in [5, 5.41) is 21.7. The van der Waals surface area contributed by atoms with Crippen LogP contribution in [-0.4, -0.2) is 0 Å². The number of allylic oxidation sites excluding steroid dienone is 3. The van der Waals surface area contributed by atoms with Crippen molar-refractivity contribution in [2.24, 2.45) is 0 Å². The van der Waals surface area contributed by atoms with Gasteiger partial charge in [-0.2, -0.15) is 10.5 Å². The highest BCUT2D eigenvalue weighted by Crippen LogP contribution is 2.37. The molecular formula is C81H84N2. The van der Waals surface area contributed by atoms with Crippen LogP contribution in [0.1, 0.15) is 109 Å². The van der Waals surface area contributed by atoms with Crippen LogP contribution in [0.5, 0.6) is 0 Å². The molecular weight excluding hydrogens is 1000 g/mol. The fourth-order valence-corrected chi connectivity index (χ4v) is 9.73. The highest BCUT2D eigenvalue weighted by Gasteiger charge is 2.17. The first-order valence-corrected chi connectivity index (χ1v) is 28.8. The van der Waals surface area contributed by atoms with Crippen molar-refractivity contribution in [3.63, 3.8) is 0 Å². The van der Waals surface area contributed by atoms with Crippen molar-refractivity contribution in [1.29, 1.82) is 10.5 Å². The predicted molar refractivity (Wildman–Crippen MR) is 360 cm³/mol. The van der Waals surface area contributed by atoms with Crippen LogP contribution in [0.4, 0.5) is 0 Å². The Morgan fingerprint density at radius 2 is 0.904 bits per heavy atom. The Bertz CT molecular complexity index is 3820. The molecule has 0 saturated heterocycles. The maximum absolute atomic E-state index is 8.41. The molecule has 2 heteroatoms. The molecule has 83 heavy (non-hydrogen) atoms. The van der Waals surface area contributed by atoms with Crippen LogP contribution >= 0.6 is 0 Å². The molecule has 10 aromatic rings. The molecule has 2 aliphatic carbocycles. The Balaban J connectivity index is 0.000000175. The second-order valence-corrected chi connectivity index (χ2v) is 21.4. The van der Waals surface area contributed by atoms with E-state index >= 15 is 0 Å². The second-order valence-electron chi connectivity index (χ2n) is 21.4. The van der Waals surface area contributed by atoms with Gasteiger partial charge in [0, 0.05) is 0 Å². The molecule has 0 fully saturated rings. The molecule has 0 aliphatic heterocycles. The fraction of sp³-hybridized carbons (Fsp3) is 0.185. The van der Waals surface area contributed by atoms with Gasteiger partial charge in [0.2, 0.25) is 0 Å². The predicted octanol–water partition coefficient (Wildman–Crippen LogP) is 20.0. The summed E-state index contributed by atoms with van der Waals surface area (Å²) in [6.07, 6.45) is 10.8. The van der Waals surface area contributed by atoms with E-state index in [4.69, 9.17) is 10.5 Å². The minimum absolute atomic E-state index is 0.731. The fourth-order valence-electron chi connectivity index (χ4n) is 9.73. The van der Waals surface area contributed by atoms with E-state index in [9.17, 15) is 0 Å². The van der Waals surface area contributed by atoms with Crippen molar-refractivity contribution in [2.75, 3.05) is 0 Å². The van der Waals surface area contributed by atoms with Gasteiger partial charge in [0.25, 0.3) is 0 Å². The van der Waals surface area contributed by atoms with E-state index in [-0.39, 0.29) is 0 Å². The quantitative estimate of drug-likeness (QED) is 0.173. The van der Waals surface area contributed by atoms with Gasteiger partial charge in [-0.05, 0) is 207 Å². The van der Waals surface area contributed by atoms with Crippen molar-refractivity contribution >= 4 is 29.0 Å². The zero-order chi connectivity index (χ0) is 60.1. The molecule has 0 saturated carbocycles. The van der Waals surface area contributed by atoms with Gasteiger partial charge >= 0.3 is 0 Å². The molecule has 418 valence electrons. The third kappa shape index (κ3) is 21.6. The summed E-state index contributed by atoms with van der Waals surface area (Å²) < 4.78 is 0. The van der Waals surface area contributed by atoms with E-state index in [0.29, 0.717) is 0 Å². The lowest BCUT2D eigenvalue weighted by Gasteiger charge is -2.13. The minimum Gasteiger partial charge on any atom is -0.192 e. The third-order valence-corrected chi connectivity index (χ3v) is 14.2. The molecule has 0 unspecified atom stereocenters. The Morgan fingerprint density at radius 3 is 1.37 bits per heavy atom. The van der Waals surface area contributed by atoms with Crippen LogP contribution < -0.4 is 10.4 Å². The number of nitrogens with zero attached hydrogens (tertiary/aromatic N) is 2. The average Bonchev–Trinajstić information content (AvgIpc) is 4.13. The standard InChI is InChI=1S/C15H14.C11H12.C11H10.C11H12.C9H12.2C8H7N.C8H10/c1-10-3-5-12-9-13-6-4-11(2)8-15(13)14(12)7-10;2*1-9-5-4-7-10-6-2-3-8-11(9)10;1-4-6-11-9(2)7-5-8-10(11)3;1-3-9-6-4-5-8(2)7-9;2*1-7-3-2-4-8(5-7)6-9;1-7-4-3-5-8(2)6-7/h3-8H,9H2,1-2H3;2-3,5-6,8H,4,7H2,1H3;2-8H,1H3;4-8H,1-2H2,3H3;4-7H,3H2,1-2H3;2*2-5H,1H3;3-6H,1-2H3/b;;;11-6+;;;;. The number of hydrogen-bond acceptors (Lipinski definition) is 2. The van der Waals surface area contributed by atoms with E-state index in [1.165, 1.54) is 112 Å². The molecule has 12 rings (SSSR count). The van der Waals surface area contributed by atoms with E-state index in [0.717, 1.165) is 40.3 Å². The number of hydrogen-bond donors (Lipinski definition) is 0. The van der Waals surface area contributed by atoms with Gasteiger partial charge in [-0.3, -0.25) is 0 Å². The number of aryl methyl sites for hydroxylation is 11. The molecule has 0 atom stereocenters. The van der Waals surface area contributed by atoms with E-state index < -0.39 is 0 Å². The van der Waals surface area contributed by atoms with Crippen molar-refractivity contribution in [3.8, 4) is 23.3 Å². The Morgan fingerprint density at radius 1 is 0.434 bits per heavy atom. The van der Waals surface area contributed by atoms with Crippen LogP contribution in [0.3, 0.4) is 0 Å². The zero-order valence-electron chi connectivity index (χ0n) is 51.2. The number of benzene rings is 10. The monoisotopic (exact) mass is 1080 g/mol. The van der Waals surface area contributed by atoms with Gasteiger partial charge in [-0.15, -0.1) is 0 Å². The SMILES string of the molecule is C=C/C=c1/c(C)cccc1=C.CC1=CCCc2ccccc21.CCc1cccc(C)c1.Cc1ccc2c(c1)-c1cc(C)ccc1C2.Cc1cccc(C#N)c1.Cc1cccc(C#N)c1.Cc1cccc(C)c1.Cc1cccc2ccccc12. The number of fused-ring (bicyclic) bond motifs is 5. The second kappa shape index (κ2) is 34.1. The summed E-state index contributed by atoms with van der Waals surface area (Å²) in [5.74, 6) is 0. The molecule has 0 amide bonds. The molecule has 10 aromatic carbocycles. The average molecular weight is 1090 g/mol. The van der Waals surface area contributed by atoms with Crippen molar-refractivity contribution < 1.29 is 0 Å². The van der Waals surface area contributed by atoms with Gasteiger partial charge in [0.15, 0.2) is 0 Å². The maximum Gasteiger partial charge on any atom is 0.0991 e. The normalized spacial score (nSPS) is 11.0. The highest BCUT2D eigenvalue weighted by atomic mass is 14.2. The summed E-state index contributed by atoms with van der Waals surface area (Å²) in [7, 11) is 0. The highest BCUT2D eigenvalue weighted by molar-refractivity contribution is 5.85. The summed E-state index contributed by atoms with van der Waals surface area (Å²) in [4.78, 5) is 0. The Labute approximate surface area is 498 Å². The third-order valence-electron chi connectivity index (χ3n) is 14.2. The van der Waals surface area contributed by atoms with Crippen LogP contribution in [0.25, 0.3) is 40.1 Å². The van der Waals surface area contributed by atoms with Gasteiger partial charge in [0.05, 0.1) is 23.3 Å². The van der Waals surface area contributed by atoms with Crippen molar-refractivity contribution in [3.05, 3.63) is 337 Å². The summed E-state index contributed by atoms with van der Waals surface area (Å²) in [6, 6.07) is 79.4. The molecule has 2 nitrogen and oxygen atoms in total. The molecule has 0 spiro atoms. The largest absolute Gasteiger partial charge is 0.192 e. The molecule has 0 radical (unpaired) electrons. The lowest BCUT2D eigenvalue weighted by molar-refractivity contribution is 0.975. The minimum atomic E-state index is 0.731. The lowest BCUT2D eigenvalue weighted by atomic mass is 9.92. The number of nitriles is 2. The molecule has 2 aliphatic rings.